The van der Waals surface area contributed by atoms with Crippen molar-refractivity contribution in [3.63, 3.8) is 0 Å². The van der Waals surface area contributed by atoms with E-state index in [1.165, 1.54) is 0 Å². The smallest absolute Gasteiger partial charge is 0.334 e. The minimum absolute atomic E-state index is 0.0481. The van der Waals surface area contributed by atoms with E-state index < -0.39 is 11.9 Å². The van der Waals surface area contributed by atoms with E-state index in [1.54, 1.807) is 17.9 Å². The van der Waals surface area contributed by atoms with Crippen molar-refractivity contribution in [3.05, 3.63) is 46.2 Å². The van der Waals surface area contributed by atoms with Gasteiger partial charge < -0.3 is 4.90 Å². The molecule has 1 fully saturated rings. The van der Waals surface area contributed by atoms with Crippen molar-refractivity contribution in [1.29, 1.82) is 0 Å². The first-order valence-corrected chi connectivity index (χ1v) is 10.9. The fourth-order valence-corrected chi connectivity index (χ4v) is 4.31. The van der Waals surface area contributed by atoms with Crippen molar-refractivity contribution in [2.24, 2.45) is 0 Å². The number of carbonyl (C=O) groups excluding carboxylic acids is 1. The minimum atomic E-state index is -4.54. The van der Waals surface area contributed by atoms with Gasteiger partial charge in [-0.15, -0.1) is 0 Å². The predicted molar refractivity (Wildman–Crippen MR) is 112 cm³/mol. The molecule has 0 bridgehead atoms. The van der Waals surface area contributed by atoms with E-state index in [1.807, 2.05) is 25.5 Å². The standard InChI is InChI=1S/C22H27F3N6O/c1-5-16-11-19(22(23,24)25)31-20(26-16)12-17(28-31)18-7-6-9-29(18)21(32)8-10-30-15(4)13(2)14(3)27-30/h11-12,18H,5-10H2,1-4H3/t18-/m1/s1. The first-order valence-electron chi connectivity index (χ1n) is 10.9. The number of halogens is 3. The SMILES string of the molecule is CCc1cc(C(F)(F)F)n2nc([C@H]3CCCN3C(=O)CCn3nc(C)c(C)c3C)cc2n1. The van der Waals surface area contributed by atoms with E-state index in [-0.39, 0.29) is 24.0 Å². The monoisotopic (exact) mass is 448 g/mol. The molecule has 7 nitrogen and oxygen atoms in total. The van der Waals surface area contributed by atoms with Gasteiger partial charge in [-0.1, -0.05) is 6.92 Å². The number of rotatable bonds is 5. The second-order valence-corrected chi connectivity index (χ2v) is 8.34. The molecular weight excluding hydrogens is 421 g/mol. The molecule has 32 heavy (non-hydrogen) atoms. The zero-order valence-corrected chi connectivity index (χ0v) is 18.7. The summed E-state index contributed by atoms with van der Waals surface area (Å²) in [5, 5.41) is 8.72. The lowest BCUT2D eigenvalue weighted by atomic mass is 10.1. The van der Waals surface area contributed by atoms with E-state index in [0.717, 1.165) is 34.0 Å². The van der Waals surface area contributed by atoms with Gasteiger partial charge in [-0.05, 0) is 51.7 Å². The van der Waals surface area contributed by atoms with Gasteiger partial charge in [0.1, 0.15) is 5.69 Å². The number of hydrogen-bond acceptors (Lipinski definition) is 4. The van der Waals surface area contributed by atoms with E-state index in [4.69, 9.17) is 0 Å². The fourth-order valence-electron chi connectivity index (χ4n) is 4.31. The van der Waals surface area contributed by atoms with Crippen molar-refractivity contribution in [1.82, 2.24) is 29.3 Å². The summed E-state index contributed by atoms with van der Waals surface area (Å²) in [6.07, 6.45) is -2.44. The first kappa shape index (κ1) is 22.3. The molecule has 0 unspecified atom stereocenters. The van der Waals surface area contributed by atoms with Crippen LogP contribution in [0.15, 0.2) is 12.1 Å². The molecule has 1 amide bonds. The summed E-state index contributed by atoms with van der Waals surface area (Å²) in [7, 11) is 0. The maximum absolute atomic E-state index is 13.6. The third-order valence-electron chi connectivity index (χ3n) is 6.35. The third-order valence-corrected chi connectivity index (χ3v) is 6.35. The number of fused-ring (bicyclic) bond motifs is 1. The van der Waals surface area contributed by atoms with Crippen molar-refractivity contribution in [3.8, 4) is 0 Å². The van der Waals surface area contributed by atoms with Gasteiger partial charge in [0, 0.05) is 37.0 Å². The van der Waals surface area contributed by atoms with Crippen LogP contribution in [0.2, 0.25) is 0 Å². The minimum Gasteiger partial charge on any atom is -0.334 e. The molecule has 4 heterocycles. The van der Waals surface area contributed by atoms with Crippen LogP contribution >= 0.6 is 0 Å². The molecule has 0 N–H and O–H groups in total. The van der Waals surface area contributed by atoms with Crippen LogP contribution in [0.3, 0.4) is 0 Å². The molecule has 3 aromatic heterocycles. The van der Waals surface area contributed by atoms with Gasteiger partial charge in [0.25, 0.3) is 0 Å². The number of likely N-dealkylation sites (tertiary alicyclic amines) is 1. The summed E-state index contributed by atoms with van der Waals surface area (Å²) in [6, 6.07) is 2.27. The highest BCUT2D eigenvalue weighted by Crippen LogP contribution is 2.34. The summed E-state index contributed by atoms with van der Waals surface area (Å²) < 4.78 is 43.5. The van der Waals surface area contributed by atoms with Crippen LogP contribution in [-0.4, -0.2) is 41.7 Å². The van der Waals surface area contributed by atoms with Crippen molar-refractivity contribution in [2.75, 3.05) is 6.54 Å². The van der Waals surface area contributed by atoms with Gasteiger partial charge in [-0.2, -0.15) is 23.4 Å². The number of nitrogens with zero attached hydrogens (tertiary/aromatic N) is 6. The van der Waals surface area contributed by atoms with Gasteiger partial charge in [0.15, 0.2) is 5.65 Å². The summed E-state index contributed by atoms with van der Waals surface area (Å²) in [5.74, 6) is -0.0481. The molecule has 1 saturated heterocycles. The van der Waals surface area contributed by atoms with Crippen molar-refractivity contribution >= 4 is 11.6 Å². The maximum atomic E-state index is 13.6. The highest BCUT2D eigenvalue weighted by molar-refractivity contribution is 5.77. The molecule has 4 rings (SSSR count). The van der Waals surface area contributed by atoms with Crippen molar-refractivity contribution in [2.45, 2.75) is 72.1 Å². The number of amides is 1. The molecule has 1 aliphatic rings. The summed E-state index contributed by atoms with van der Waals surface area (Å²) in [4.78, 5) is 19.0. The molecular formula is C22H27F3N6O. The first-order chi connectivity index (χ1) is 15.1. The number of aromatic nitrogens is 5. The number of aryl methyl sites for hydroxylation is 3. The Bertz CT molecular complexity index is 1160. The molecule has 3 aromatic rings. The van der Waals surface area contributed by atoms with E-state index in [9.17, 15) is 18.0 Å². The molecule has 1 aliphatic heterocycles. The summed E-state index contributed by atoms with van der Waals surface area (Å²) in [5.41, 5.74) is 3.20. The average Bonchev–Trinajstić information content (AvgIpc) is 3.44. The second-order valence-electron chi connectivity index (χ2n) is 8.34. The van der Waals surface area contributed by atoms with Gasteiger partial charge in [-0.25, -0.2) is 9.50 Å². The third kappa shape index (κ3) is 3.98. The van der Waals surface area contributed by atoms with Crippen LogP contribution < -0.4 is 0 Å². The summed E-state index contributed by atoms with van der Waals surface area (Å²) in [6.45, 7) is 8.71. The highest BCUT2D eigenvalue weighted by atomic mass is 19.4. The molecule has 0 radical (unpaired) electrons. The Labute approximate surface area is 184 Å². The van der Waals surface area contributed by atoms with Crippen LogP contribution in [-0.2, 0) is 23.9 Å². The lowest BCUT2D eigenvalue weighted by molar-refractivity contribution is -0.142. The Hall–Kier alpha value is -2.91. The van der Waals surface area contributed by atoms with Gasteiger partial charge >= 0.3 is 6.18 Å². The molecule has 0 saturated carbocycles. The van der Waals surface area contributed by atoms with Crippen LogP contribution in [0.5, 0.6) is 0 Å². The van der Waals surface area contributed by atoms with Crippen LogP contribution in [0.4, 0.5) is 13.2 Å². The zero-order valence-electron chi connectivity index (χ0n) is 18.7. The molecule has 10 heteroatoms. The maximum Gasteiger partial charge on any atom is 0.433 e. The Kier molecular flexibility index (Phi) is 5.72. The van der Waals surface area contributed by atoms with Gasteiger partial charge in [0.05, 0.1) is 17.4 Å². The normalized spacial score (nSPS) is 17.0. The molecule has 0 aliphatic carbocycles. The Morgan fingerprint density at radius 1 is 1.19 bits per heavy atom. The number of alkyl halides is 3. The zero-order chi connectivity index (χ0) is 23.2. The second kappa shape index (κ2) is 8.22. The molecule has 0 spiro atoms. The summed E-state index contributed by atoms with van der Waals surface area (Å²) >= 11 is 0. The predicted octanol–water partition coefficient (Wildman–Crippen LogP) is 4.19. The number of carbonyl (C=O) groups is 1. The van der Waals surface area contributed by atoms with E-state index >= 15 is 0 Å². The molecule has 1 atom stereocenters. The van der Waals surface area contributed by atoms with E-state index in [0.29, 0.717) is 37.3 Å². The van der Waals surface area contributed by atoms with Crippen LogP contribution in [0, 0.1) is 20.8 Å². The van der Waals surface area contributed by atoms with Crippen LogP contribution in [0.1, 0.15) is 66.3 Å². The quantitative estimate of drug-likeness (QED) is 0.587. The Balaban J connectivity index is 1.58. The topological polar surface area (TPSA) is 68.3 Å². The highest BCUT2D eigenvalue weighted by Gasteiger charge is 2.37. The molecule has 172 valence electrons. The Morgan fingerprint density at radius 2 is 1.94 bits per heavy atom. The van der Waals surface area contributed by atoms with Gasteiger partial charge in [-0.3, -0.25) is 9.48 Å². The fraction of sp³-hybridized carbons (Fsp3) is 0.545. The average molecular weight is 448 g/mol. The van der Waals surface area contributed by atoms with Crippen molar-refractivity contribution < 1.29 is 18.0 Å². The van der Waals surface area contributed by atoms with E-state index in [2.05, 4.69) is 15.2 Å². The Morgan fingerprint density at radius 3 is 2.56 bits per heavy atom. The van der Waals surface area contributed by atoms with Gasteiger partial charge in [0.2, 0.25) is 5.91 Å². The largest absolute Gasteiger partial charge is 0.433 e. The molecule has 0 aromatic carbocycles. The number of hydrogen-bond donors (Lipinski definition) is 0. The lowest BCUT2D eigenvalue weighted by Crippen LogP contribution is -2.31. The van der Waals surface area contributed by atoms with Crippen LogP contribution in [0.25, 0.3) is 5.65 Å². The lowest BCUT2D eigenvalue weighted by Gasteiger charge is -2.23.